The molecule has 0 bridgehead atoms. The average Bonchev–Trinajstić information content (AvgIpc) is 2.87. The van der Waals surface area contributed by atoms with Gasteiger partial charge in [0.05, 0.1) is 5.39 Å². The third-order valence-corrected chi connectivity index (χ3v) is 6.53. The molecule has 1 N–H and O–H groups in total. The van der Waals surface area contributed by atoms with Crippen molar-refractivity contribution in [2.24, 2.45) is 0 Å². The van der Waals surface area contributed by atoms with E-state index in [-0.39, 0.29) is 11.3 Å². The van der Waals surface area contributed by atoms with Crippen LogP contribution in [0.2, 0.25) is 0 Å². The minimum absolute atomic E-state index is 0.0807. The Morgan fingerprint density at radius 3 is 2.34 bits per heavy atom. The minimum atomic E-state index is -0.182. The maximum absolute atomic E-state index is 12.8. The van der Waals surface area contributed by atoms with Gasteiger partial charge in [-0.1, -0.05) is 35.9 Å². The van der Waals surface area contributed by atoms with E-state index >= 15 is 0 Å². The number of piperazine rings is 1. The zero-order valence-corrected chi connectivity index (χ0v) is 20.1. The Morgan fingerprint density at radius 1 is 0.914 bits per heavy atom. The van der Waals surface area contributed by atoms with E-state index in [1.54, 1.807) is 24.3 Å². The number of fused-ring (bicyclic) bond motifs is 1. The summed E-state index contributed by atoms with van der Waals surface area (Å²) in [4.78, 5) is 30.1. The normalized spacial score (nSPS) is 14.8. The molecule has 178 valence electrons. The second-order valence-corrected chi connectivity index (χ2v) is 9.28. The van der Waals surface area contributed by atoms with Gasteiger partial charge in [-0.05, 0) is 55.9 Å². The van der Waals surface area contributed by atoms with Crippen LogP contribution in [0.15, 0.2) is 82.0 Å². The highest BCUT2D eigenvalue weighted by Gasteiger charge is 2.14. The molecular weight excluding hydrogens is 438 g/mol. The highest BCUT2D eigenvalue weighted by molar-refractivity contribution is 6.04. The summed E-state index contributed by atoms with van der Waals surface area (Å²) in [6, 6.07) is 22.2. The van der Waals surface area contributed by atoms with Crippen molar-refractivity contribution in [2.45, 2.75) is 13.5 Å². The number of carbonyl (C=O) groups excluding carboxylic acids is 1. The molecule has 1 aliphatic heterocycles. The molecular formula is C29H29N3O3. The van der Waals surface area contributed by atoms with Gasteiger partial charge in [-0.3, -0.25) is 14.5 Å². The summed E-state index contributed by atoms with van der Waals surface area (Å²) >= 11 is 0. The van der Waals surface area contributed by atoms with Crippen LogP contribution in [0.5, 0.6) is 0 Å². The quantitative estimate of drug-likeness (QED) is 0.458. The SMILES string of the molecule is Cc1ccc2oc(-c3ccc(C(=O)Nc4ccc(CN5CCN(C)CC5)cc4)cc3)cc(=O)c2c1. The van der Waals surface area contributed by atoms with Gasteiger partial charge in [-0.15, -0.1) is 0 Å². The molecule has 6 heteroatoms. The maximum Gasteiger partial charge on any atom is 0.255 e. The first-order valence-electron chi connectivity index (χ1n) is 11.9. The van der Waals surface area contributed by atoms with E-state index in [1.165, 1.54) is 11.6 Å². The van der Waals surface area contributed by atoms with Crippen LogP contribution >= 0.6 is 0 Å². The van der Waals surface area contributed by atoms with Crippen molar-refractivity contribution >= 4 is 22.6 Å². The van der Waals surface area contributed by atoms with Crippen molar-refractivity contribution in [3.63, 3.8) is 0 Å². The summed E-state index contributed by atoms with van der Waals surface area (Å²) in [5.74, 6) is 0.299. The Kier molecular flexibility index (Phi) is 6.49. The van der Waals surface area contributed by atoms with Crippen molar-refractivity contribution < 1.29 is 9.21 Å². The molecule has 1 aromatic heterocycles. The maximum atomic E-state index is 12.8. The lowest BCUT2D eigenvalue weighted by Crippen LogP contribution is -2.43. The van der Waals surface area contributed by atoms with Crippen molar-refractivity contribution in [1.29, 1.82) is 0 Å². The molecule has 35 heavy (non-hydrogen) atoms. The monoisotopic (exact) mass is 467 g/mol. The number of benzene rings is 3. The van der Waals surface area contributed by atoms with Crippen LogP contribution in [-0.4, -0.2) is 48.9 Å². The fraction of sp³-hybridized carbons (Fsp3) is 0.241. The molecule has 0 aliphatic carbocycles. The van der Waals surface area contributed by atoms with Gasteiger partial charge >= 0.3 is 0 Å². The molecule has 1 saturated heterocycles. The van der Waals surface area contributed by atoms with Gasteiger partial charge in [-0.25, -0.2) is 0 Å². The molecule has 1 aliphatic rings. The summed E-state index contributed by atoms with van der Waals surface area (Å²) in [6.45, 7) is 7.22. The lowest BCUT2D eigenvalue weighted by molar-refractivity contribution is 0.102. The van der Waals surface area contributed by atoms with E-state index in [4.69, 9.17) is 4.42 Å². The molecule has 6 nitrogen and oxygen atoms in total. The highest BCUT2D eigenvalue weighted by Crippen LogP contribution is 2.23. The van der Waals surface area contributed by atoms with Crippen molar-refractivity contribution in [3.8, 4) is 11.3 Å². The largest absolute Gasteiger partial charge is 0.456 e. The summed E-state index contributed by atoms with van der Waals surface area (Å²) in [6.07, 6.45) is 0. The van der Waals surface area contributed by atoms with Gasteiger partial charge in [0, 0.05) is 55.6 Å². The fourth-order valence-electron chi connectivity index (χ4n) is 4.36. The number of rotatable bonds is 5. The zero-order chi connectivity index (χ0) is 24.4. The molecule has 0 spiro atoms. The number of amides is 1. The number of carbonyl (C=O) groups is 1. The second kappa shape index (κ2) is 9.86. The Bertz CT molecular complexity index is 1400. The van der Waals surface area contributed by atoms with Crippen LogP contribution in [0, 0.1) is 6.92 Å². The first-order chi connectivity index (χ1) is 16.9. The van der Waals surface area contributed by atoms with Crippen LogP contribution in [0.25, 0.3) is 22.3 Å². The highest BCUT2D eigenvalue weighted by atomic mass is 16.3. The molecule has 4 aromatic rings. The fourth-order valence-corrected chi connectivity index (χ4v) is 4.36. The Balaban J connectivity index is 1.24. The van der Waals surface area contributed by atoms with E-state index in [0.717, 1.165) is 49.5 Å². The summed E-state index contributed by atoms with van der Waals surface area (Å²) in [5.41, 5.74) is 4.76. The predicted octanol–water partition coefficient (Wildman–Crippen LogP) is 4.77. The van der Waals surface area contributed by atoms with Crippen molar-refractivity contribution in [2.75, 3.05) is 38.5 Å². The van der Waals surface area contributed by atoms with Crippen LogP contribution < -0.4 is 10.7 Å². The smallest absolute Gasteiger partial charge is 0.255 e. The topological polar surface area (TPSA) is 65.8 Å². The van der Waals surface area contributed by atoms with E-state index < -0.39 is 0 Å². The van der Waals surface area contributed by atoms with Gasteiger partial charge in [-0.2, -0.15) is 0 Å². The molecule has 1 amide bonds. The second-order valence-electron chi connectivity index (χ2n) is 9.28. The van der Waals surface area contributed by atoms with Crippen LogP contribution in [0.4, 0.5) is 5.69 Å². The number of anilines is 1. The molecule has 3 aromatic carbocycles. The van der Waals surface area contributed by atoms with Crippen molar-refractivity contribution in [1.82, 2.24) is 9.80 Å². The predicted molar refractivity (Wildman–Crippen MR) is 140 cm³/mol. The number of hydrogen-bond acceptors (Lipinski definition) is 5. The van der Waals surface area contributed by atoms with E-state index in [2.05, 4.69) is 34.3 Å². The third-order valence-electron chi connectivity index (χ3n) is 6.53. The van der Waals surface area contributed by atoms with Gasteiger partial charge in [0.25, 0.3) is 5.91 Å². The van der Waals surface area contributed by atoms with Gasteiger partial charge in [0.2, 0.25) is 0 Å². The Hall–Kier alpha value is -3.74. The summed E-state index contributed by atoms with van der Waals surface area (Å²) in [5, 5.41) is 3.53. The van der Waals surface area contributed by atoms with E-state index in [1.807, 2.05) is 37.3 Å². The zero-order valence-electron chi connectivity index (χ0n) is 20.1. The molecule has 1 fully saturated rings. The molecule has 0 radical (unpaired) electrons. The number of hydrogen-bond donors (Lipinski definition) is 1. The number of likely N-dealkylation sites (N-methyl/N-ethyl adjacent to an activating group) is 1. The van der Waals surface area contributed by atoms with Crippen LogP contribution in [0.1, 0.15) is 21.5 Å². The van der Waals surface area contributed by atoms with Gasteiger partial charge in [0.15, 0.2) is 5.43 Å². The molecule has 2 heterocycles. The molecule has 0 unspecified atom stereocenters. The number of nitrogens with zero attached hydrogens (tertiary/aromatic N) is 2. The minimum Gasteiger partial charge on any atom is -0.456 e. The molecule has 5 rings (SSSR count). The van der Waals surface area contributed by atoms with Crippen LogP contribution in [-0.2, 0) is 6.54 Å². The van der Waals surface area contributed by atoms with Gasteiger partial charge < -0.3 is 14.6 Å². The Labute approximate surface area is 204 Å². The number of aryl methyl sites for hydroxylation is 1. The van der Waals surface area contributed by atoms with Crippen LogP contribution in [0.3, 0.4) is 0 Å². The lowest BCUT2D eigenvalue weighted by Gasteiger charge is -2.32. The molecule has 0 atom stereocenters. The summed E-state index contributed by atoms with van der Waals surface area (Å²) < 4.78 is 5.94. The standard InChI is InChI=1S/C29H29N3O3/c1-20-3-12-27-25(17-20)26(33)18-28(35-27)22-6-8-23(9-7-22)29(34)30-24-10-4-21(5-11-24)19-32-15-13-31(2)14-16-32/h3-12,17-18H,13-16,19H2,1-2H3,(H,30,34). The van der Waals surface area contributed by atoms with Gasteiger partial charge in [0.1, 0.15) is 11.3 Å². The van der Waals surface area contributed by atoms with E-state index in [9.17, 15) is 9.59 Å². The Morgan fingerprint density at radius 2 is 1.63 bits per heavy atom. The lowest BCUT2D eigenvalue weighted by atomic mass is 10.1. The van der Waals surface area contributed by atoms with E-state index in [0.29, 0.717) is 22.3 Å². The molecule has 0 saturated carbocycles. The first-order valence-corrected chi connectivity index (χ1v) is 11.9. The number of nitrogens with one attached hydrogen (secondary N) is 1. The summed E-state index contributed by atoms with van der Waals surface area (Å²) in [7, 11) is 2.16. The van der Waals surface area contributed by atoms with Crippen molar-refractivity contribution in [3.05, 3.63) is 99.7 Å². The first kappa shape index (κ1) is 23.0. The third kappa shape index (κ3) is 5.34. The average molecular weight is 468 g/mol.